The number of methoxy groups -OCH3 is 2. The molecule has 0 amide bonds. The number of aliphatic hydroxyl groups excluding tert-OH is 1. The van der Waals surface area contributed by atoms with Gasteiger partial charge in [0.2, 0.25) is 0 Å². The smallest absolute Gasteiger partial charge is 0.188 e. The number of hydrogen-bond acceptors (Lipinski definition) is 5. The average molecular weight is 242 g/mol. The average Bonchev–Trinajstić information content (AvgIpc) is 2.34. The molecule has 0 fully saturated rings. The molecule has 0 aromatic heterocycles. The van der Waals surface area contributed by atoms with Gasteiger partial charge in [-0.05, 0) is 24.6 Å². The zero-order chi connectivity index (χ0) is 12.7. The topological polar surface area (TPSA) is 57.2 Å². The Morgan fingerprint density at radius 3 is 2.18 bits per heavy atom. The van der Waals surface area contributed by atoms with Gasteiger partial charge < -0.3 is 24.1 Å². The summed E-state index contributed by atoms with van der Waals surface area (Å²) >= 11 is 0. The molecule has 5 heteroatoms. The van der Waals surface area contributed by atoms with Crippen molar-refractivity contribution in [2.75, 3.05) is 27.8 Å². The number of ether oxygens (including phenoxy) is 4. The Balaban J connectivity index is 2.86. The molecule has 17 heavy (non-hydrogen) atoms. The number of aliphatic hydroxyl groups is 1. The quantitative estimate of drug-likeness (QED) is 0.737. The van der Waals surface area contributed by atoms with Crippen molar-refractivity contribution in [2.45, 2.75) is 13.0 Å². The van der Waals surface area contributed by atoms with Crippen LogP contribution in [0.25, 0.3) is 0 Å². The Morgan fingerprint density at radius 1 is 1.06 bits per heavy atom. The van der Waals surface area contributed by atoms with Crippen LogP contribution in [0.15, 0.2) is 18.2 Å². The van der Waals surface area contributed by atoms with E-state index in [2.05, 4.69) is 0 Å². The lowest BCUT2D eigenvalue weighted by atomic mass is 10.1. The molecule has 0 bridgehead atoms. The number of hydrogen-bond donors (Lipinski definition) is 1. The van der Waals surface area contributed by atoms with Crippen molar-refractivity contribution >= 4 is 0 Å². The molecule has 0 aliphatic rings. The molecule has 1 aromatic carbocycles. The molecule has 0 spiro atoms. The van der Waals surface area contributed by atoms with Gasteiger partial charge in [0.15, 0.2) is 25.1 Å². The van der Waals surface area contributed by atoms with Gasteiger partial charge in [0, 0.05) is 14.2 Å². The molecule has 0 aliphatic carbocycles. The first-order valence-corrected chi connectivity index (χ1v) is 5.24. The molecule has 1 N–H and O–H groups in total. The van der Waals surface area contributed by atoms with Crippen LogP contribution in [0.2, 0.25) is 0 Å². The zero-order valence-corrected chi connectivity index (χ0v) is 10.3. The minimum atomic E-state index is -0.559. The van der Waals surface area contributed by atoms with Crippen LogP contribution in [0.5, 0.6) is 11.5 Å². The van der Waals surface area contributed by atoms with E-state index < -0.39 is 6.10 Å². The predicted octanol–water partition coefficient (Wildman–Crippen LogP) is 1.71. The summed E-state index contributed by atoms with van der Waals surface area (Å²) in [5, 5.41) is 9.49. The van der Waals surface area contributed by atoms with Crippen molar-refractivity contribution in [1.82, 2.24) is 0 Å². The Labute approximate surface area is 101 Å². The molecule has 1 aromatic rings. The Kier molecular flexibility index (Phi) is 5.76. The minimum absolute atomic E-state index is 0.118. The fraction of sp³-hybridized carbons (Fsp3) is 0.500. The third-order valence-corrected chi connectivity index (χ3v) is 2.11. The highest BCUT2D eigenvalue weighted by Crippen LogP contribution is 2.30. The molecule has 96 valence electrons. The van der Waals surface area contributed by atoms with Gasteiger partial charge in [0.1, 0.15) is 0 Å². The van der Waals surface area contributed by atoms with Crippen LogP contribution in [0, 0.1) is 0 Å². The summed E-state index contributed by atoms with van der Waals surface area (Å²) in [6, 6.07) is 5.22. The normalized spacial score (nSPS) is 12.2. The van der Waals surface area contributed by atoms with Crippen LogP contribution in [-0.4, -0.2) is 32.9 Å². The van der Waals surface area contributed by atoms with Gasteiger partial charge in [0.25, 0.3) is 0 Å². The van der Waals surface area contributed by atoms with Gasteiger partial charge in [-0.3, -0.25) is 0 Å². The third kappa shape index (κ3) is 4.22. The van der Waals surface area contributed by atoms with E-state index in [1.165, 1.54) is 7.11 Å². The second-order valence-electron chi connectivity index (χ2n) is 3.48. The van der Waals surface area contributed by atoms with Crippen molar-refractivity contribution < 1.29 is 24.1 Å². The maximum absolute atomic E-state index is 9.49. The van der Waals surface area contributed by atoms with Crippen LogP contribution in [0.1, 0.15) is 18.6 Å². The fourth-order valence-corrected chi connectivity index (χ4v) is 1.26. The minimum Gasteiger partial charge on any atom is -0.464 e. The SMILES string of the molecule is COCOc1ccc(C(C)O)cc1OCOC. The first-order valence-electron chi connectivity index (χ1n) is 5.24. The van der Waals surface area contributed by atoms with E-state index in [9.17, 15) is 5.11 Å². The van der Waals surface area contributed by atoms with Crippen molar-refractivity contribution in [3.63, 3.8) is 0 Å². The lowest BCUT2D eigenvalue weighted by Gasteiger charge is -2.14. The maximum Gasteiger partial charge on any atom is 0.188 e. The molecule has 0 aliphatic heterocycles. The Morgan fingerprint density at radius 2 is 1.65 bits per heavy atom. The van der Waals surface area contributed by atoms with E-state index in [1.54, 1.807) is 32.2 Å². The highest BCUT2D eigenvalue weighted by molar-refractivity contribution is 5.43. The number of benzene rings is 1. The number of rotatable bonds is 7. The lowest BCUT2D eigenvalue weighted by Crippen LogP contribution is -2.05. The van der Waals surface area contributed by atoms with E-state index in [0.717, 1.165) is 5.56 Å². The van der Waals surface area contributed by atoms with E-state index in [1.807, 2.05) is 0 Å². The monoisotopic (exact) mass is 242 g/mol. The summed E-state index contributed by atoms with van der Waals surface area (Å²) in [6.45, 7) is 1.94. The van der Waals surface area contributed by atoms with Crippen molar-refractivity contribution in [3.8, 4) is 11.5 Å². The summed E-state index contributed by atoms with van der Waals surface area (Å²) in [7, 11) is 3.08. The summed E-state index contributed by atoms with van der Waals surface area (Å²) in [4.78, 5) is 0. The molecule has 1 rings (SSSR count). The second kappa shape index (κ2) is 7.11. The van der Waals surface area contributed by atoms with Gasteiger partial charge in [-0.15, -0.1) is 0 Å². The van der Waals surface area contributed by atoms with Crippen molar-refractivity contribution in [3.05, 3.63) is 23.8 Å². The van der Waals surface area contributed by atoms with Gasteiger partial charge in [-0.1, -0.05) is 6.07 Å². The van der Waals surface area contributed by atoms with Crippen LogP contribution >= 0.6 is 0 Å². The van der Waals surface area contributed by atoms with Crippen LogP contribution in [0.4, 0.5) is 0 Å². The van der Waals surface area contributed by atoms with Gasteiger partial charge in [0.05, 0.1) is 6.10 Å². The molecular weight excluding hydrogens is 224 g/mol. The summed E-state index contributed by atoms with van der Waals surface area (Å²) in [5.41, 5.74) is 0.751. The fourth-order valence-electron chi connectivity index (χ4n) is 1.26. The van der Waals surface area contributed by atoms with E-state index >= 15 is 0 Å². The second-order valence-corrected chi connectivity index (χ2v) is 3.48. The zero-order valence-electron chi connectivity index (χ0n) is 10.3. The molecule has 0 saturated carbocycles. The highest BCUT2D eigenvalue weighted by atomic mass is 16.7. The van der Waals surface area contributed by atoms with Crippen molar-refractivity contribution in [1.29, 1.82) is 0 Å². The molecule has 1 unspecified atom stereocenters. The third-order valence-electron chi connectivity index (χ3n) is 2.11. The van der Waals surface area contributed by atoms with Gasteiger partial charge in [-0.2, -0.15) is 0 Å². The molecule has 0 radical (unpaired) electrons. The summed E-state index contributed by atoms with van der Waals surface area (Å²) in [6.07, 6.45) is -0.559. The Bertz CT molecular complexity index is 338. The first-order chi connectivity index (χ1) is 8.19. The molecule has 0 heterocycles. The van der Waals surface area contributed by atoms with Crippen LogP contribution in [0.3, 0.4) is 0 Å². The molecule has 1 atom stereocenters. The van der Waals surface area contributed by atoms with Crippen LogP contribution < -0.4 is 9.47 Å². The van der Waals surface area contributed by atoms with Crippen molar-refractivity contribution in [2.24, 2.45) is 0 Å². The predicted molar refractivity (Wildman–Crippen MR) is 62.1 cm³/mol. The molecular formula is C12H18O5. The molecule has 5 nitrogen and oxygen atoms in total. The molecule has 0 saturated heterocycles. The Hall–Kier alpha value is -1.30. The first kappa shape index (κ1) is 13.8. The lowest BCUT2D eigenvalue weighted by molar-refractivity contribution is 0.0320. The maximum atomic E-state index is 9.49. The van der Waals surface area contributed by atoms with Crippen LogP contribution in [-0.2, 0) is 9.47 Å². The highest BCUT2D eigenvalue weighted by Gasteiger charge is 2.09. The summed E-state index contributed by atoms with van der Waals surface area (Å²) in [5.74, 6) is 1.07. The van der Waals surface area contributed by atoms with Gasteiger partial charge >= 0.3 is 0 Å². The largest absolute Gasteiger partial charge is 0.464 e. The van der Waals surface area contributed by atoms with Gasteiger partial charge in [-0.25, -0.2) is 0 Å². The standard InChI is InChI=1S/C12H18O5/c1-9(13)10-4-5-11(16-7-14-2)12(6-10)17-8-15-3/h4-6,9,13H,7-8H2,1-3H3. The van der Waals surface area contributed by atoms with E-state index in [0.29, 0.717) is 11.5 Å². The van der Waals surface area contributed by atoms with E-state index in [-0.39, 0.29) is 13.6 Å². The van der Waals surface area contributed by atoms with E-state index in [4.69, 9.17) is 18.9 Å². The summed E-state index contributed by atoms with van der Waals surface area (Å²) < 4.78 is 20.4.